The van der Waals surface area contributed by atoms with Gasteiger partial charge < -0.3 is 29.4 Å². The highest BCUT2D eigenvalue weighted by Gasteiger charge is 2.32. The molecule has 1 atom stereocenters. The van der Waals surface area contributed by atoms with Gasteiger partial charge in [-0.05, 0) is 68.3 Å². The Hall–Kier alpha value is -4.64. The highest BCUT2D eigenvalue weighted by atomic mass is 16.5. The third-order valence-electron chi connectivity index (χ3n) is 6.39. The first kappa shape index (κ1) is 28.4. The van der Waals surface area contributed by atoms with Crippen molar-refractivity contribution in [1.82, 2.24) is 0 Å². The molecule has 0 saturated carbocycles. The van der Waals surface area contributed by atoms with Crippen molar-refractivity contribution >= 4 is 5.97 Å². The Labute approximate surface area is 234 Å². The first-order valence-corrected chi connectivity index (χ1v) is 13.4. The largest absolute Gasteiger partial charge is 0.493 e. The fraction of sp³-hybridized carbons (Fsp3) is 0.312. The fourth-order valence-electron chi connectivity index (χ4n) is 4.47. The number of carbonyl (C=O) groups excluding carboxylic acids is 1. The van der Waals surface area contributed by atoms with Gasteiger partial charge in [0.2, 0.25) is 5.88 Å². The molecule has 0 spiro atoms. The highest BCUT2D eigenvalue weighted by Crippen LogP contribution is 2.45. The molecule has 0 radical (unpaired) electrons. The number of allylic oxidation sites excluding steroid dienone is 1. The second-order valence-electron chi connectivity index (χ2n) is 9.67. The van der Waals surface area contributed by atoms with Gasteiger partial charge in [0.15, 0.2) is 11.5 Å². The molecule has 8 heteroatoms. The Morgan fingerprint density at radius 3 is 2.45 bits per heavy atom. The van der Waals surface area contributed by atoms with Crippen molar-refractivity contribution in [2.45, 2.75) is 52.1 Å². The van der Waals surface area contributed by atoms with E-state index in [1.54, 1.807) is 49.6 Å². The summed E-state index contributed by atoms with van der Waals surface area (Å²) >= 11 is 0. The second kappa shape index (κ2) is 12.9. The molecule has 8 nitrogen and oxygen atoms in total. The SMILES string of the molecule is CCCCCOc1ccc(C2C(C#N)=C(N)Oc3cc(OC(=O)c4ccc(OC(C)C)cc4)ccc32)cc1OC. The van der Waals surface area contributed by atoms with Crippen LogP contribution in [0.1, 0.15) is 67.4 Å². The van der Waals surface area contributed by atoms with Crippen molar-refractivity contribution in [3.63, 3.8) is 0 Å². The third kappa shape index (κ3) is 6.49. The number of hydrogen-bond acceptors (Lipinski definition) is 8. The number of rotatable bonds is 11. The Bertz CT molecular complexity index is 1420. The quantitative estimate of drug-likeness (QED) is 0.166. The highest BCUT2D eigenvalue weighted by molar-refractivity contribution is 5.91. The zero-order chi connectivity index (χ0) is 28.6. The third-order valence-corrected chi connectivity index (χ3v) is 6.39. The van der Waals surface area contributed by atoms with Crippen LogP contribution in [0.4, 0.5) is 0 Å². The minimum Gasteiger partial charge on any atom is -0.493 e. The van der Waals surface area contributed by atoms with Crippen LogP contribution in [0.3, 0.4) is 0 Å². The maximum Gasteiger partial charge on any atom is 0.343 e. The molecule has 1 unspecified atom stereocenters. The molecular formula is C32H34N2O6. The molecule has 0 aromatic heterocycles. The summed E-state index contributed by atoms with van der Waals surface area (Å²) in [6.07, 6.45) is 3.18. The van der Waals surface area contributed by atoms with Gasteiger partial charge in [0.1, 0.15) is 28.9 Å². The van der Waals surface area contributed by atoms with Gasteiger partial charge in [0.25, 0.3) is 0 Å². The lowest BCUT2D eigenvalue weighted by atomic mass is 9.83. The molecule has 1 aliphatic rings. The van der Waals surface area contributed by atoms with Gasteiger partial charge in [-0.1, -0.05) is 31.9 Å². The van der Waals surface area contributed by atoms with Crippen molar-refractivity contribution in [3.05, 3.63) is 88.8 Å². The second-order valence-corrected chi connectivity index (χ2v) is 9.67. The summed E-state index contributed by atoms with van der Waals surface area (Å²) in [4.78, 5) is 12.8. The number of esters is 1. The van der Waals surface area contributed by atoms with E-state index in [2.05, 4.69) is 13.0 Å². The van der Waals surface area contributed by atoms with Gasteiger partial charge in [0.05, 0.1) is 31.3 Å². The van der Waals surface area contributed by atoms with Crippen molar-refractivity contribution in [3.8, 4) is 34.8 Å². The number of ether oxygens (including phenoxy) is 5. The maximum absolute atomic E-state index is 12.8. The van der Waals surface area contributed by atoms with Crippen LogP contribution in [0.25, 0.3) is 0 Å². The Morgan fingerprint density at radius 1 is 1.02 bits per heavy atom. The molecular weight excluding hydrogens is 508 g/mol. The van der Waals surface area contributed by atoms with Crippen LogP contribution in [0, 0.1) is 11.3 Å². The molecule has 0 amide bonds. The van der Waals surface area contributed by atoms with E-state index in [1.165, 1.54) is 0 Å². The molecule has 208 valence electrons. The first-order chi connectivity index (χ1) is 19.3. The van der Waals surface area contributed by atoms with Gasteiger partial charge >= 0.3 is 5.97 Å². The molecule has 3 aromatic carbocycles. The van der Waals surface area contributed by atoms with Crippen LogP contribution in [0.15, 0.2) is 72.1 Å². The predicted octanol–water partition coefficient (Wildman–Crippen LogP) is 6.49. The topological polar surface area (TPSA) is 113 Å². The predicted molar refractivity (Wildman–Crippen MR) is 151 cm³/mol. The molecule has 2 N–H and O–H groups in total. The molecule has 3 aromatic rings. The molecule has 1 heterocycles. The number of fused-ring (bicyclic) bond motifs is 1. The van der Waals surface area contributed by atoms with E-state index in [4.69, 9.17) is 29.4 Å². The summed E-state index contributed by atoms with van der Waals surface area (Å²) in [6.45, 7) is 6.60. The van der Waals surface area contributed by atoms with E-state index in [9.17, 15) is 10.1 Å². The zero-order valence-corrected chi connectivity index (χ0v) is 23.2. The number of methoxy groups -OCH3 is 1. The van der Waals surface area contributed by atoms with Gasteiger partial charge in [0, 0.05) is 11.6 Å². The summed E-state index contributed by atoms with van der Waals surface area (Å²) in [7, 11) is 1.58. The van der Waals surface area contributed by atoms with Gasteiger partial charge in [-0.15, -0.1) is 0 Å². The summed E-state index contributed by atoms with van der Waals surface area (Å²) < 4.78 is 28.5. The van der Waals surface area contributed by atoms with Crippen LogP contribution in [0.2, 0.25) is 0 Å². The normalized spacial score (nSPS) is 14.2. The van der Waals surface area contributed by atoms with Crippen LogP contribution < -0.4 is 29.4 Å². The number of benzene rings is 3. The van der Waals surface area contributed by atoms with Crippen LogP contribution in [-0.4, -0.2) is 25.8 Å². The zero-order valence-electron chi connectivity index (χ0n) is 23.2. The Balaban J connectivity index is 1.58. The Morgan fingerprint density at radius 2 is 1.77 bits per heavy atom. The number of nitrogens with two attached hydrogens (primary N) is 1. The van der Waals surface area contributed by atoms with E-state index >= 15 is 0 Å². The van der Waals surface area contributed by atoms with E-state index in [-0.39, 0.29) is 23.3 Å². The lowest BCUT2D eigenvalue weighted by Crippen LogP contribution is -2.21. The van der Waals surface area contributed by atoms with Crippen LogP contribution in [0.5, 0.6) is 28.7 Å². The maximum atomic E-state index is 12.8. The van der Waals surface area contributed by atoms with E-state index in [1.807, 2.05) is 32.0 Å². The average molecular weight is 543 g/mol. The van der Waals surface area contributed by atoms with Crippen molar-refractivity contribution < 1.29 is 28.5 Å². The molecule has 4 rings (SSSR count). The summed E-state index contributed by atoms with van der Waals surface area (Å²) in [5, 5.41) is 9.93. The number of nitrogens with zero attached hydrogens (tertiary/aromatic N) is 1. The number of carbonyl (C=O) groups is 1. The number of unbranched alkanes of at least 4 members (excludes halogenated alkanes) is 2. The van der Waals surface area contributed by atoms with Gasteiger partial charge in [-0.3, -0.25) is 0 Å². The van der Waals surface area contributed by atoms with E-state index in [0.29, 0.717) is 40.7 Å². The molecule has 0 aliphatic carbocycles. The van der Waals surface area contributed by atoms with Crippen molar-refractivity contribution in [2.24, 2.45) is 5.73 Å². The van der Waals surface area contributed by atoms with E-state index in [0.717, 1.165) is 24.8 Å². The Kier molecular flexibility index (Phi) is 9.18. The van der Waals surface area contributed by atoms with Crippen LogP contribution in [-0.2, 0) is 0 Å². The smallest absolute Gasteiger partial charge is 0.343 e. The first-order valence-electron chi connectivity index (χ1n) is 13.4. The fourth-order valence-corrected chi connectivity index (χ4v) is 4.47. The number of hydrogen-bond donors (Lipinski definition) is 1. The van der Waals surface area contributed by atoms with Crippen molar-refractivity contribution in [2.75, 3.05) is 13.7 Å². The molecule has 0 saturated heterocycles. The standard InChI is InChI=1S/C32H34N2O6/c1-5-6-7-16-37-27-15-10-22(17-29(27)36-4)30-25-14-13-24(18-28(25)40-31(34)26(30)19-33)39-32(35)21-8-11-23(12-9-21)38-20(2)3/h8-15,17-18,20,30H,5-7,16,34H2,1-4H3. The average Bonchev–Trinajstić information content (AvgIpc) is 2.94. The summed E-state index contributed by atoms with van der Waals surface area (Å²) in [5.41, 5.74) is 8.33. The van der Waals surface area contributed by atoms with E-state index < -0.39 is 11.9 Å². The number of nitriles is 1. The molecule has 1 aliphatic heterocycles. The van der Waals surface area contributed by atoms with Crippen LogP contribution >= 0.6 is 0 Å². The molecule has 0 bridgehead atoms. The molecule has 0 fully saturated rings. The summed E-state index contributed by atoms with van der Waals surface area (Å²) in [5.74, 6) is 1.51. The van der Waals surface area contributed by atoms with Crippen molar-refractivity contribution in [1.29, 1.82) is 5.26 Å². The monoisotopic (exact) mass is 542 g/mol. The van der Waals surface area contributed by atoms with Gasteiger partial charge in [-0.2, -0.15) is 5.26 Å². The molecule has 40 heavy (non-hydrogen) atoms. The lowest BCUT2D eigenvalue weighted by Gasteiger charge is -2.27. The van der Waals surface area contributed by atoms with Gasteiger partial charge in [-0.25, -0.2) is 4.79 Å². The lowest BCUT2D eigenvalue weighted by molar-refractivity contribution is 0.0734. The minimum atomic E-state index is -0.524. The minimum absolute atomic E-state index is 0.0110. The summed E-state index contributed by atoms with van der Waals surface area (Å²) in [6, 6.07) is 19.6.